The molecule has 172 valence electrons. The quantitative estimate of drug-likeness (QED) is 0.492. The number of hydrogen-bond donors (Lipinski definition) is 0. The number of amides is 3. The maximum absolute atomic E-state index is 13.2. The van der Waals surface area contributed by atoms with Crippen molar-refractivity contribution in [2.24, 2.45) is 0 Å². The molecule has 2 heterocycles. The van der Waals surface area contributed by atoms with Gasteiger partial charge in [0.2, 0.25) is 0 Å². The number of benzene rings is 3. The molecular formula is C26H21Cl2N3O3. The molecule has 3 amide bonds. The third-order valence-electron chi connectivity index (χ3n) is 6.20. The molecule has 5 rings (SSSR count). The molecule has 0 saturated carbocycles. The summed E-state index contributed by atoms with van der Waals surface area (Å²) in [5.74, 6) is -0.866. The molecule has 0 N–H and O–H groups in total. The normalized spacial score (nSPS) is 16.2. The molecule has 34 heavy (non-hydrogen) atoms. The molecule has 0 atom stereocenters. The second kappa shape index (κ2) is 9.22. The molecule has 0 radical (unpaired) electrons. The number of carbonyl (C=O) groups is 3. The average Bonchev–Trinajstić information content (AvgIpc) is 3.11. The molecule has 2 aliphatic rings. The number of hydrogen-bond acceptors (Lipinski definition) is 4. The third-order valence-corrected chi connectivity index (χ3v) is 6.93. The maximum Gasteiger partial charge on any atom is 0.266 e. The molecular weight excluding hydrogens is 473 g/mol. The van der Waals surface area contributed by atoms with E-state index in [1.54, 1.807) is 59.5 Å². The van der Waals surface area contributed by atoms with E-state index < -0.39 is 0 Å². The lowest BCUT2D eigenvalue weighted by molar-refractivity contribution is 0.0628. The van der Waals surface area contributed by atoms with Crippen molar-refractivity contribution >= 4 is 46.6 Å². The molecule has 1 fully saturated rings. The number of imide groups is 1. The minimum atomic E-state index is -0.374. The van der Waals surface area contributed by atoms with E-state index in [1.165, 1.54) is 0 Å². The first-order chi connectivity index (χ1) is 16.4. The summed E-state index contributed by atoms with van der Waals surface area (Å²) in [7, 11) is 0. The van der Waals surface area contributed by atoms with Gasteiger partial charge in [0.05, 0.1) is 26.9 Å². The van der Waals surface area contributed by atoms with E-state index in [1.807, 2.05) is 12.1 Å². The zero-order valence-corrected chi connectivity index (χ0v) is 19.7. The highest BCUT2D eigenvalue weighted by Gasteiger charge is 2.36. The fraction of sp³-hybridized carbons (Fsp3) is 0.192. The molecule has 0 aliphatic carbocycles. The van der Waals surface area contributed by atoms with Gasteiger partial charge < -0.3 is 4.90 Å². The summed E-state index contributed by atoms with van der Waals surface area (Å²) < 4.78 is 0. The van der Waals surface area contributed by atoms with Crippen LogP contribution < -0.4 is 4.90 Å². The maximum atomic E-state index is 13.2. The van der Waals surface area contributed by atoms with Crippen molar-refractivity contribution in [3.63, 3.8) is 0 Å². The first-order valence-corrected chi connectivity index (χ1v) is 11.7. The molecule has 0 bridgehead atoms. The predicted molar refractivity (Wildman–Crippen MR) is 132 cm³/mol. The highest BCUT2D eigenvalue weighted by molar-refractivity contribution is 6.42. The predicted octanol–water partition coefficient (Wildman–Crippen LogP) is 4.75. The Labute approximate surface area is 207 Å². The van der Waals surface area contributed by atoms with Gasteiger partial charge in [0.1, 0.15) is 0 Å². The van der Waals surface area contributed by atoms with E-state index in [0.717, 1.165) is 30.1 Å². The first kappa shape index (κ1) is 22.6. The summed E-state index contributed by atoms with van der Waals surface area (Å²) in [5.41, 5.74) is 2.68. The zero-order chi connectivity index (χ0) is 23.8. The van der Waals surface area contributed by atoms with Gasteiger partial charge in [-0.2, -0.15) is 0 Å². The molecule has 2 aliphatic heterocycles. The molecule has 3 aromatic carbocycles. The van der Waals surface area contributed by atoms with Crippen molar-refractivity contribution in [2.45, 2.75) is 6.54 Å². The van der Waals surface area contributed by atoms with Crippen LogP contribution in [0, 0.1) is 0 Å². The number of fused-ring (bicyclic) bond motifs is 1. The molecule has 6 nitrogen and oxygen atoms in total. The van der Waals surface area contributed by atoms with E-state index >= 15 is 0 Å². The number of carbonyl (C=O) groups excluding carboxylic acids is 3. The summed E-state index contributed by atoms with van der Waals surface area (Å²) in [5, 5.41) is 1.06. The van der Waals surface area contributed by atoms with Gasteiger partial charge in [0.25, 0.3) is 17.7 Å². The molecule has 0 aromatic heterocycles. The van der Waals surface area contributed by atoms with E-state index in [2.05, 4.69) is 4.90 Å². The smallest absolute Gasteiger partial charge is 0.266 e. The van der Waals surface area contributed by atoms with Gasteiger partial charge in [-0.25, -0.2) is 4.90 Å². The minimum absolute atomic E-state index is 0.118. The van der Waals surface area contributed by atoms with Gasteiger partial charge >= 0.3 is 0 Å². The number of halogens is 2. The van der Waals surface area contributed by atoms with Crippen molar-refractivity contribution in [2.75, 3.05) is 31.1 Å². The van der Waals surface area contributed by atoms with Gasteiger partial charge in [0.15, 0.2) is 0 Å². The monoisotopic (exact) mass is 493 g/mol. The topological polar surface area (TPSA) is 60.9 Å². The summed E-state index contributed by atoms with van der Waals surface area (Å²) in [6.07, 6.45) is 0. The number of nitrogens with zero attached hydrogens (tertiary/aromatic N) is 3. The fourth-order valence-corrected chi connectivity index (χ4v) is 4.71. The van der Waals surface area contributed by atoms with Crippen LogP contribution in [0.1, 0.15) is 36.6 Å². The number of rotatable bonds is 4. The van der Waals surface area contributed by atoms with Crippen LogP contribution >= 0.6 is 23.2 Å². The fourth-order valence-electron chi connectivity index (χ4n) is 4.39. The minimum Gasteiger partial charge on any atom is -0.336 e. The highest BCUT2D eigenvalue weighted by Crippen LogP contribution is 2.29. The number of piperazine rings is 1. The van der Waals surface area contributed by atoms with E-state index in [4.69, 9.17) is 23.2 Å². The Kier molecular flexibility index (Phi) is 6.13. The average molecular weight is 494 g/mol. The number of anilines is 1. The molecule has 3 aromatic rings. The van der Waals surface area contributed by atoms with E-state index in [9.17, 15) is 14.4 Å². The standard InChI is InChI=1S/C26H21Cl2N3O3/c27-22-9-8-17(14-23(22)28)16-29-10-12-30(13-11-29)24(32)18-4-3-5-19(15-18)31-25(33)20-6-1-2-7-21(20)26(31)34/h1-9,14-15H,10-13,16H2. The lowest BCUT2D eigenvalue weighted by Crippen LogP contribution is -2.48. The molecule has 1 saturated heterocycles. The lowest BCUT2D eigenvalue weighted by Gasteiger charge is -2.35. The van der Waals surface area contributed by atoms with E-state index in [-0.39, 0.29) is 17.7 Å². The SMILES string of the molecule is O=C(c1cccc(N2C(=O)c3ccccc3C2=O)c1)N1CCN(Cc2ccc(Cl)c(Cl)c2)CC1. The Morgan fingerprint density at radius 1 is 0.765 bits per heavy atom. The lowest BCUT2D eigenvalue weighted by atomic mass is 10.1. The second-order valence-electron chi connectivity index (χ2n) is 8.36. The van der Waals surface area contributed by atoms with Crippen LogP contribution in [0.5, 0.6) is 0 Å². The Bertz CT molecular complexity index is 1270. The van der Waals surface area contributed by atoms with Crippen molar-refractivity contribution in [3.05, 3.63) is 99.0 Å². The largest absolute Gasteiger partial charge is 0.336 e. The molecule has 8 heteroatoms. The highest BCUT2D eigenvalue weighted by atomic mass is 35.5. The van der Waals surface area contributed by atoms with Crippen LogP contribution in [0.15, 0.2) is 66.7 Å². The van der Waals surface area contributed by atoms with Crippen LogP contribution in [0.3, 0.4) is 0 Å². The van der Waals surface area contributed by atoms with Gasteiger partial charge in [-0.3, -0.25) is 19.3 Å². The van der Waals surface area contributed by atoms with Crippen LogP contribution in [-0.4, -0.2) is 53.7 Å². The summed E-state index contributed by atoms with van der Waals surface area (Å²) in [6, 6.07) is 19.1. The van der Waals surface area contributed by atoms with Crippen LogP contribution in [0.4, 0.5) is 5.69 Å². The first-order valence-electron chi connectivity index (χ1n) is 11.0. The van der Waals surface area contributed by atoms with E-state index in [0.29, 0.717) is 45.5 Å². The van der Waals surface area contributed by atoms with Gasteiger partial charge in [-0.05, 0) is 48.0 Å². The zero-order valence-electron chi connectivity index (χ0n) is 18.2. The summed E-state index contributed by atoms with van der Waals surface area (Å²) in [6.45, 7) is 3.34. The van der Waals surface area contributed by atoms with Gasteiger partial charge in [0, 0.05) is 38.3 Å². The van der Waals surface area contributed by atoms with Crippen molar-refractivity contribution in [1.29, 1.82) is 0 Å². The van der Waals surface area contributed by atoms with Crippen molar-refractivity contribution in [3.8, 4) is 0 Å². The molecule has 0 unspecified atom stereocenters. The Hall–Kier alpha value is -3.19. The Balaban J connectivity index is 1.26. The van der Waals surface area contributed by atoms with Crippen LogP contribution in [0.25, 0.3) is 0 Å². The second-order valence-corrected chi connectivity index (χ2v) is 9.17. The third kappa shape index (κ3) is 4.20. The van der Waals surface area contributed by atoms with Gasteiger partial charge in [-0.1, -0.05) is 47.5 Å². The van der Waals surface area contributed by atoms with Crippen molar-refractivity contribution < 1.29 is 14.4 Å². The van der Waals surface area contributed by atoms with Crippen molar-refractivity contribution in [1.82, 2.24) is 9.80 Å². The van der Waals surface area contributed by atoms with Crippen LogP contribution in [-0.2, 0) is 6.54 Å². The molecule has 0 spiro atoms. The Morgan fingerprint density at radius 2 is 1.44 bits per heavy atom. The Morgan fingerprint density at radius 3 is 2.09 bits per heavy atom. The van der Waals surface area contributed by atoms with Crippen LogP contribution in [0.2, 0.25) is 10.0 Å². The van der Waals surface area contributed by atoms with Gasteiger partial charge in [-0.15, -0.1) is 0 Å². The summed E-state index contributed by atoms with van der Waals surface area (Å²) >= 11 is 12.1. The summed E-state index contributed by atoms with van der Waals surface area (Å²) in [4.78, 5) is 44.0.